The van der Waals surface area contributed by atoms with E-state index in [1.165, 1.54) is 0 Å². The van der Waals surface area contributed by atoms with Crippen molar-refractivity contribution in [2.75, 3.05) is 20.3 Å². The lowest BCUT2D eigenvalue weighted by atomic mass is 9.90. The molecule has 1 aromatic heterocycles. The van der Waals surface area contributed by atoms with Crippen molar-refractivity contribution in [1.29, 1.82) is 0 Å². The average Bonchev–Trinajstić information content (AvgIpc) is 2.82. The Morgan fingerprint density at radius 3 is 3.00 bits per heavy atom. The number of urea groups is 1. The Labute approximate surface area is 131 Å². The summed E-state index contributed by atoms with van der Waals surface area (Å²) in [4.78, 5) is 16.4. The molecule has 0 fully saturated rings. The number of methoxy groups -OCH3 is 1. The summed E-state index contributed by atoms with van der Waals surface area (Å²) < 4.78 is 6.99. The van der Waals surface area contributed by atoms with Crippen LogP contribution in [0, 0.1) is 12.3 Å². The number of nitrogens with one attached hydrogen (secondary N) is 2. The Kier molecular flexibility index (Phi) is 5.39. The highest BCUT2D eigenvalue weighted by Crippen LogP contribution is 2.18. The van der Waals surface area contributed by atoms with Gasteiger partial charge in [-0.15, -0.1) is 0 Å². The number of carbonyl (C=O) groups excluding carboxylic acids is 1. The van der Waals surface area contributed by atoms with E-state index in [4.69, 9.17) is 4.74 Å². The molecule has 2 rings (SSSR count). The molecule has 1 atom stereocenters. The van der Waals surface area contributed by atoms with Crippen LogP contribution >= 0.6 is 0 Å². The molecule has 2 N–H and O–H groups in total. The molecule has 7 heteroatoms. The highest BCUT2D eigenvalue weighted by molar-refractivity contribution is 5.74. The lowest BCUT2D eigenvalue weighted by molar-refractivity contribution is 0.150. The summed E-state index contributed by atoms with van der Waals surface area (Å²) in [5.74, 6) is 1.80. The van der Waals surface area contributed by atoms with Crippen molar-refractivity contribution in [3.05, 3.63) is 11.6 Å². The van der Waals surface area contributed by atoms with E-state index in [2.05, 4.69) is 34.6 Å². The van der Waals surface area contributed by atoms with E-state index in [1.807, 2.05) is 11.6 Å². The van der Waals surface area contributed by atoms with Gasteiger partial charge in [0.15, 0.2) is 0 Å². The van der Waals surface area contributed by atoms with Crippen LogP contribution in [0.15, 0.2) is 0 Å². The van der Waals surface area contributed by atoms with Gasteiger partial charge in [-0.25, -0.2) is 14.5 Å². The highest BCUT2D eigenvalue weighted by atomic mass is 16.5. The number of hydrogen-bond acceptors (Lipinski definition) is 4. The van der Waals surface area contributed by atoms with Gasteiger partial charge in [0.05, 0.1) is 12.6 Å². The fourth-order valence-corrected chi connectivity index (χ4v) is 2.57. The van der Waals surface area contributed by atoms with Crippen LogP contribution < -0.4 is 10.6 Å². The first-order valence-electron chi connectivity index (χ1n) is 7.83. The molecule has 0 unspecified atom stereocenters. The average molecular weight is 309 g/mol. The number of rotatable bonds is 6. The first-order chi connectivity index (χ1) is 10.4. The Hall–Kier alpha value is -1.63. The van der Waals surface area contributed by atoms with Crippen LogP contribution in [0.2, 0.25) is 0 Å². The van der Waals surface area contributed by atoms with Gasteiger partial charge in [-0.05, 0) is 25.2 Å². The van der Waals surface area contributed by atoms with Crippen LogP contribution in [0.5, 0.6) is 0 Å². The molecule has 1 aliphatic heterocycles. The van der Waals surface area contributed by atoms with Gasteiger partial charge in [0, 0.05) is 26.7 Å². The van der Waals surface area contributed by atoms with Crippen LogP contribution in [0.1, 0.15) is 38.3 Å². The van der Waals surface area contributed by atoms with Crippen molar-refractivity contribution >= 4 is 6.03 Å². The Morgan fingerprint density at radius 1 is 1.50 bits per heavy atom. The van der Waals surface area contributed by atoms with E-state index in [0.717, 1.165) is 30.9 Å². The summed E-state index contributed by atoms with van der Waals surface area (Å²) in [5, 5.41) is 10.3. The fourth-order valence-electron chi connectivity index (χ4n) is 2.57. The number of fused-ring (bicyclic) bond motifs is 1. The molecule has 0 aromatic carbocycles. The van der Waals surface area contributed by atoms with E-state index in [-0.39, 0.29) is 17.5 Å². The second-order valence-electron chi connectivity index (χ2n) is 6.73. The number of amides is 2. The lowest BCUT2D eigenvalue weighted by Gasteiger charge is -2.27. The van der Waals surface area contributed by atoms with Gasteiger partial charge in [-0.3, -0.25) is 0 Å². The summed E-state index contributed by atoms with van der Waals surface area (Å²) in [6.45, 7) is 8.16. The van der Waals surface area contributed by atoms with Gasteiger partial charge in [0.1, 0.15) is 11.6 Å². The molecule has 0 spiro atoms. The maximum Gasteiger partial charge on any atom is 0.315 e. The van der Waals surface area contributed by atoms with E-state index in [1.54, 1.807) is 7.11 Å². The zero-order chi connectivity index (χ0) is 16.2. The van der Waals surface area contributed by atoms with Crippen molar-refractivity contribution in [1.82, 2.24) is 25.4 Å². The van der Waals surface area contributed by atoms with Gasteiger partial charge >= 0.3 is 6.03 Å². The summed E-state index contributed by atoms with van der Waals surface area (Å²) in [7, 11) is 1.69. The number of nitrogens with zero attached hydrogens (tertiary/aromatic N) is 3. The summed E-state index contributed by atoms with van der Waals surface area (Å²) >= 11 is 0. The van der Waals surface area contributed by atoms with Crippen molar-refractivity contribution in [2.45, 2.75) is 52.6 Å². The Balaban J connectivity index is 1.76. The summed E-state index contributed by atoms with van der Waals surface area (Å²) in [6, 6.07) is -0.00790. The third-order valence-corrected chi connectivity index (χ3v) is 4.01. The predicted molar refractivity (Wildman–Crippen MR) is 83.7 cm³/mol. The SMILES string of the molecule is COCCC(C)(C)CNC(=O)N[C@@H]1CCc2nc(C)nn2C1. The maximum atomic E-state index is 12.1. The van der Waals surface area contributed by atoms with Crippen molar-refractivity contribution in [2.24, 2.45) is 5.41 Å². The number of aryl methyl sites for hydroxylation is 2. The van der Waals surface area contributed by atoms with Gasteiger partial charge < -0.3 is 15.4 Å². The molecular formula is C15H27N5O2. The Morgan fingerprint density at radius 2 is 2.27 bits per heavy atom. The summed E-state index contributed by atoms with van der Waals surface area (Å²) in [6.07, 6.45) is 2.67. The molecule has 2 amide bonds. The second kappa shape index (κ2) is 7.09. The van der Waals surface area contributed by atoms with Crippen molar-refractivity contribution in [3.63, 3.8) is 0 Å². The second-order valence-corrected chi connectivity index (χ2v) is 6.73. The lowest BCUT2D eigenvalue weighted by Crippen LogP contribution is -2.48. The van der Waals surface area contributed by atoms with Gasteiger partial charge in [-0.1, -0.05) is 13.8 Å². The molecule has 1 aliphatic rings. The standard InChI is InChI=1S/C15H27N5O2/c1-11-17-13-6-5-12(9-20(13)19-11)18-14(21)16-10-15(2,3)7-8-22-4/h12H,5-10H2,1-4H3,(H2,16,18,21)/t12-/m1/s1. The van der Waals surface area contributed by atoms with Gasteiger partial charge in [-0.2, -0.15) is 5.10 Å². The largest absolute Gasteiger partial charge is 0.385 e. The quantitative estimate of drug-likeness (QED) is 0.829. The molecule has 0 saturated carbocycles. The molecule has 7 nitrogen and oxygen atoms in total. The van der Waals surface area contributed by atoms with Crippen LogP contribution in [0.25, 0.3) is 0 Å². The van der Waals surface area contributed by atoms with Crippen LogP contribution in [0.4, 0.5) is 4.79 Å². The monoisotopic (exact) mass is 309 g/mol. The minimum atomic E-state index is -0.115. The maximum absolute atomic E-state index is 12.1. The number of hydrogen-bond donors (Lipinski definition) is 2. The Bertz CT molecular complexity index is 512. The van der Waals surface area contributed by atoms with Gasteiger partial charge in [0.2, 0.25) is 0 Å². The van der Waals surface area contributed by atoms with E-state index >= 15 is 0 Å². The number of carbonyl (C=O) groups is 1. The minimum absolute atomic E-state index is 0.0239. The summed E-state index contributed by atoms with van der Waals surface area (Å²) in [5.41, 5.74) is 0.0239. The molecule has 0 bridgehead atoms. The van der Waals surface area contributed by atoms with E-state index in [9.17, 15) is 4.79 Å². The zero-order valence-electron chi connectivity index (χ0n) is 14.0. The van der Waals surface area contributed by atoms with Crippen molar-refractivity contribution < 1.29 is 9.53 Å². The molecule has 22 heavy (non-hydrogen) atoms. The molecule has 2 heterocycles. The fraction of sp³-hybridized carbons (Fsp3) is 0.800. The third-order valence-electron chi connectivity index (χ3n) is 4.01. The molecule has 0 radical (unpaired) electrons. The molecule has 124 valence electrons. The molecule has 0 aliphatic carbocycles. The smallest absolute Gasteiger partial charge is 0.315 e. The first-order valence-corrected chi connectivity index (χ1v) is 7.83. The number of ether oxygens (including phenoxy) is 1. The van der Waals surface area contributed by atoms with Crippen LogP contribution in [-0.4, -0.2) is 47.1 Å². The highest BCUT2D eigenvalue weighted by Gasteiger charge is 2.23. The van der Waals surface area contributed by atoms with Crippen LogP contribution in [0.3, 0.4) is 0 Å². The first kappa shape index (κ1) is 16.7. The molecule has 1 aromatic rings. The van der Waals surface area contributed by atoms with Gasteiger partial charge in [0.25, 0.3) is 0 Å². The van der Waals surface area contributed by atoms with Crippen molar-refractivity contribution in [3.8, 4) is 0 Å². The number of aromatic nitrogens is 3. The topological polar surface area (TPSA) is 81.1 Å². The van der Waals surface area contributed by atoms with E-state index < -0.39 is 0 Å². The minimum Gasteiger partial charge on any atom is -0.385 e. The molecule has 0 saturated heterocycles. The molecular weight excluding hydrogens is 282 g/mol. The van der Waals surface area contributed by atoms with E-state index in [0.29, 0.717) is 19.7 Å². The normalized spacial score (nSPS) is 17.9. The third kappa shape index (κ3) is 4.69. The predicted octanol–water partition coefficient (Wildman–Crippen LogP) is 1.26. The van der Waals surface area contributed by atoms with Crippen LogP contribution in [-0.2, 0) is 17.7 Å². The zero-order valence-corrected chi connectivity index (χ0v) is 14.0.